The minimum Gasteiger partial charge on any atom is -0.497 e. The molecule has 1 aromatic heterocycles. The van der Waals surface area contributed by atoms with Gasteiger partial charge >= 0.3 is 0 Å². The van der Waals surface area contributed by atoms with E-state index in [0.29, 0.717) is 16.9 Å². The molecule has 4 rings (SSSR count). The first-order valence-electron chi connectivity index (χ1n) is 8.55. The number of nitrogens with one attached hydrogen (secondary N) is 1. The summed E-state index contributed by atoms with van der Waals surface area (Å²) in [6, 6.07) is 13.0. The normalized spacial score (nSPS) is 17.5. The number of benzene rings is 2. The first-order valence-corrected chi connectivity index (χ1v) is 10.0. The molecule has 1 aliphatic carbocycles. The highest BCUT2D eigenvalue weighted by molar-refractivity contribution is 7.93. The number of rotatable bonds is 5. The Hall–Kier alpha value is -2.97. The van der Waals surface area contributed by atoms with Crippen LogP contribution >= 0.6 is 0 Å². The third-order valence-electron chi connectivity index (χ3n) is 5.42. The van der Waals surface area contributed by atoms with Crippen LogP contribution in [0.15, 0.2) is 59.6 Å². The maximum atomic E-state index is 13.6. The Kier molecular flexibility index (Phi) is 4.13. The molecule has 144 valence electrons. The number of fused-ring (bicyclic) bond motifs is 2. The molecule has 0 fully saturated rings. The molecule has 0 saturated heterocycles. The van der Waals surface area contributed by atoms with Crippen molar-refractivity contribution in [3.63, 3.8) is 0 Å². The largest absolute Gasteiger partial charge is 0.497 e. The van der Waals surface area contributed by atoms with E-state index < -0.39 is 26.4 Å². The van der Waals surface area contributed by atoms with Crippen LogP contribution in [0.25, 0.3) is 10.9 Å². The number of hydrogen-bond acceptors (Lipinski definition) is 6. The molecule has 28 heavy (non-hydrogen) atoms. The van der Waals surface area contributed by atoms with Gasteiger partial charge in [0.25, 0.3) is 5.91 Å². The van der Waals surface area contributed by atoms with E-state index in [1.807, 2.05) is 12.1 Å². The number of hydroxylamine groups is 1. The number of pyridine rings is 1. The zero-order valence-corrected chi connectivity index (χ0v) is 16.0. The van der Waals surface area contributed by atoms with Gasteiger partial charge in [-0.05, 0) is 60.5 Å². The van der Waals surface area contributed by atoms with Gasteiger partial charge in [-0.3, -0.25) is 15.0 Å². The van der Waals surface area contributed by atoms with Gasteiger partial charge in [0, 0.05) is 17.5 Å². The van der Waals surface area contributed by atoms with Crippen molar-refractivity contribution in [2.24, 2.45) is 0 Å². The van der Waals surface area contributed by atoms with E-state index in [0.717, 1.165) is 10.9 Å². The van der Waals surface area contributed by atoms with Crippen LogP contribution in [-0.2, 0) is 14.6 Å². The molecule has 2 unspecified atom stereocenters. The Labute approximate surface area is 161 Å². The average molecular weight is 398 g/mol. The zero-order chi connectivity index (χ0) is 20.1. The Balaban J connectivity index is 1.94. The van der Waals surface area contributed by atoms with E-state index in [1.54, 1.807) is 23.8 Å². The maximum Gasteiger partial charge on any atom is 0.265 e. The molecule has 3 bridgehead atoms. The topological polar surface area (TPSA) is 106 Å². The molecule has 8 heteroatoms. The van der Waals surface area contributed by atoms with Gasteiger partial charge in [0.2, 0.25) is 0 Å². The summed E-state index contributed by atoms with van der Waals surface area (Å²) in [5.74, 6) is -1.36. The van der Waals surface area contributed by atoms with Crippen molar-refractivity contribution in [2.75, 3.05) is 7.11 Å². The van der Waals surface area contributed by atoms with Crippen LogP contribution in [0.3, 0.4) is 0 Å². The second-order valence-corrected chi connectivity index (χ2v) is 9.21. The SMILES string of the molecule is COc1ccc(S(=O)(=O)C(C)(C(=O)NO)C2c3ccc4ncc2cc4c3)cc1. The van der Waals surface area contributed by atoms with Crippen molar-refractivity contribution in [1.29, 1.82) is 0 Å². The van der Waals surface area contributed by atoms with Crippen molar-refractivity contribution in [1.82, 2.24) is 10.5 Å². The lowest BCUT2D eigenvalue weighted by molar-refractivity contribution is -0.131. The molecule has 1 aliphatic rings. The first kappa shape index (κ1) is 18.4. The van der Waals surface area contributed by atoms with E-state index in [-0.39, 0.29) is 4.90 Å². The van der Waals surface area contributed by atoms with E-state index in [9.17, 15) is 18.4 Å². The molecular formula is C20H18N2O5S. The summed E-state index contributed by atoms with van der Waals surface area (Å²) in [7, 11) is -2.74. The van der Waals surface area contributed by atoms with E-state index in [4.69, 9.17) is 4.74 Å². The van der Waals surface area contributed by atoms with Crippen LogP contribution in [0.1, 0.15) is 24.0 Å². The Bertz CT molecular complexity index is 1150. The van der Waals surface area contributed by atoms with Crippen molar-refractivity contribution in [2.45, 2.75) is 22.5 Å². The Morgan fingerprint density at radius 1 is 1.14 bits per heavy atom. The molecule has 1 amide bonds. The predicted molar refractivity (Wildman–Crippen MR) is 102 cm³/mol. The van der Waals surface area contributed by atoms with Gasteiger partial charge in [-0.2, -0.15) is 0 Å². The van der Waals surface area contributed by atoms with Gasteiger partial charge in [0.05, 0.1) is 17.5 Å². The first-order chi connectivity index (χ1) is 13.3. The van der Waals surface area contributed by atoms with Crippen LogP contribution in [0, 0.1) is 0 Å². The average Bonchev–Trinajstić information content (AvgIpc) is 2.71. The fourth-order valence-corrected chi connectivity index (χ4v) is 5.71. The molecule has 7 nitrogen and oxygen atoms in total. The molecule has 0 spiro atoms. The second-order valence-electron chi connectivity index (χ2n) is 6.88. The summed E-state index contributed by atoms with van der Waals surface area (Å²) in [5.41, 5.74) is 3.62. The lowest BCUT2D eigenvalue weighted by atomic mass is 9.78. The van der Waals surface area contributed by atoms with Gasteiger partial charge in [0.1, 0.15) is 5.75 Å². The number of aromatic nitrogens is 1. The van der Waals surface area contributed by atoms with Crippen molar-refractivity contribution < 1.29 is 23.2 Å². The number of amides is 1. The summed E-state index contributed by atoms with van der Waals surface area (Å²) < 4.78 is 30.4. The van der Waals surface area contributed by atoms with E-state index >= 15 is 0 Å². The van der Waals surface area contributed by atoms with Gasteiger partial charge in [0.15, 0.2) is 14.6 Å². The lowest BCUT2D eigenvalue weighted by Gasteiger charge is -2.37. The molecule has 0 saturated carbocycles. The van der Waals surface area contributed by atoms with Crippen molar-refractivity contribution in [3.05, 3.63) is 65.9 Å². The number of methoxy groups -OCH3 is 1. The number of carbonyl (C=O) groups is 1. The molecule has 2 atom stereocenters. The summed E-state index contributed by atoms with van der Waals surface area (Å²) >= 11 is 0. The van der Waals surface area contributed by atoms with Crippen LogP contribution in [0.2, 0.25) is 0 Å². The highest BCUT2D eigenvalue weighted by Gasteiger charge is 2.55. The quantitative estimate of drug-likeness (QED) is 0.505. The maximum absolute atomic E-state index is 13.6. The summed E-state index contributed by atoms with van der Waals surface area (Å²) in [6.45, 7) is 1.32. The molecule has 0 radical (unpaired) electrons. The van der Waals surface area contributed by atoms with Crippen LogP contribution < -0.4 is 10.2 Å². The fourth-order valence-electron chi connectivity index (χ4n) is 3.85. The fraction of sp³-hybridized carbons (Fsp3) is 0.200. The lowest BCUT2D eigenvalue weighted by Crippen LogP contribution is -2.54. The highest BCUT2D eigenvalue weighted by Crippen LogP contribution is 2.46. The molecule has 0 aliphatic heterocycles. The van der Waals surface area contributed by atoms with E-state index in [2.05, 4.69) is 4.98 Å². The highest BCUT2D eigenvalue weighted by atomic mass is 32.2. The number of nitrogens with zero attached hydrogens (tertiary/aromatic N) is 1. The van der Waals surface area contributed by atoms with Gasteiger partial charge in [-0.25, -0.2) is 13.9 Å². The van der Waals surface area contributed by atoms with Gasteiger partial charge in [-0.15, -0.1) is 0 Å². The second kappa shape index (κ2) is 6.29. The molecule has 2 N–H and O–H groups in total. The number of sulfone groups is 1. The monoisotopic (exact) mass is 398 g/mol. The minimum absolute atomic E-state index is 0.0461. The molecular weight excluding hydrogens is 380 g/mol. The van der Waals surface area contributed by atoms with Crippen molar-refractivity contribution in [3.8, 4) is 5.75 Å². The van der Waals surface area contributed by atoms with Crippen LogP contribution in [-0.4, -0.2) is 36.4 Å². The van der Waals surface area contributed by atoms with Gasteiger partial charge < -0.3 is 4.74 Å². The summed E-state index contributed by atoms with van der Waals surface area (Å²) in [5, 5.41) is 10.3. The standard InChI is InChI=1S/C20H18N2O5S/c1-20(19(23)22-24,28(25,26)16-6-4-15(27-2)5-7-16)18-12-3-8-17-13(9-12)10-14(18)11-21-17/h3-11,18,24H,1-2H3,(H,22,23). The number of carbonyl (C=O) groups excluding carboxylic acids is 1. The zero-order valence-electron chi connectivity index (χ0n) is 15.2. The third-order valence-corrected chi connectivity index (χ3v) is 7.85. The smallest absolute Gasteiger partial charge is 0.265 e. The molecule has 2 aromatic carbocycles. The summed E-state index contributed by atoms with van der Waals surface area (Å²) in [6.07, 6.45) is 1.58. The minimum atomic E-state index is -4.22. The number of hydrogen-bond donors (Lipinski definition) is 2. The third kappa shape index (κ3) is 2.42. The van der Waals surface area contributed by atoms with Crippen LogP contribution in [0.4, 0.5) is 0 Å². The number of ether oxygens (including phenoxy) is 1. The van der Waals surface area contributed by atoms with E-state index in [1.165, 1.54) is 38.3 Å². The Morgan fingerprint density at radius 3 is 2.46 bits per heavy atom. The van der Waals surface area contributed by atoms with Crippen LogP contribution in [0.5, 0.6) is 5.75 Å². The summed E-state index contributed by atoms with van der Waals surface area (Å²) in [4.78, 5) is 17.1. The molecule has 1 heterocycles. The Morgan fingerprint density at radius 2 is 1.82 bits per heavy atom. The van der Waals surface area contributed by atoms with Crippen molar-refractivity contribution >= 4 is 26.6 Å². The predicted octanol–water partition coefficient (Wildman–Crippen LogP) is 2.43. The molecule has 3 aromatic rings. The van der Waals surface area contributed by atoms with Gasteiger partial charge in [-0.1, -0.05) is 6.07 Å².